The van der Waals surface area contributed by atoms with E-state index in [0.717, 1.165) is 45.6 Å². The minimum absolute atomic E-state index is 0.0423. The van der Waals surface area contributed by atoms with Crippen molar-refractivity contribution in [3.05, 3.63) is 22.4 Å². The molecule has 0 unspecified atom stereocenters. The Bertz CT molecular complexity index is 530. The lowest BCUT2D eigenvalue weighted by molar-refractivity contribution is -0.207. The van der Waals surface area contributed by atoms with Crippen LogP contribution >= 0.6 is 11.3 Å². The van der Waals surface area contributed by atoms with Gasteiger partial charge in [0.25, 0.3) is 5.91 Å². The Balaban J connectivity index is 1.41. The van der Waals surface area contributed by atoms with E-state index >= 15 is 0 Å². The van der Waals surface area contributed by atoms with Gasteiger partial charge in [-0.2, -0.15) is 11.3 Å². The highest BCUT2D eigenvalue weighted by atomic mass is 32.1. The topological polar surface area (TPSA) is 42.0 Å². The number of rotatable bonds is 3. The zero-order valence-electron chi connectivity index (χ0n) is 13.4. The average Bonchev–Trinajstić information content (AvgIpc) is 3.24. The second kappa shape index (κ2) is 6.89. The summed E-state index contributed by atoms with van der Waals surface area (Å²) in [5.74, 6) is 0.970. The lowest BCUT2D eigenvalue weighted by Crippen LogP contribution is -2.47. The second-order valence-corrected chi connectivity index (χ2v) is 7.65. The Morgan fingerprint density at radius 3 is 3.04 bits per heavy atom. The van der Waals surface area contributed by atoms with Gasteiger partial charge in [0.1, 0.15) is 0 Å². The van der Waals surface area contributed by atoms with Gasteiger partial charge >= 0.3 is 0 Å². The fourth-order valence-electron chi connectivity index (χ4n) is 4.07. The number of nitrogens with zero attached hydrogens (tertiary/aromatic N) is 2. The quantitative estimate of drug-likeness (QED) is 0.847. The zero-order valence-corrected chi connectivity index (χ0v) is 14.2. The number of hydroxylamine groups is 2. The summed E-state index contributed by atoms with van der Waals surface area (Å²) in [6, 6.07) is 2.19. The lowest BCUT2D eigenvalue weighted by Gasteiger charge is -2.36. The van der Waals surface area contributed by atoms with E-state index < -0.39 is 0 Å². The number of ether oxygens (including phenoxy) is 1. The number of hydrogen-bond acceptors (Lipinski definition) is 5. The van der Waals surface area contributed by atoms with E-state index in [2.05, 4.69) is 21.7 Å². The zero-order chi connectivity index (χ0) is 15.6. The van der Waals surface area contributed by atoms with Gasteiger partial charge in [0.15, 0.2) is 0 Å². The minimum atomic E-state index is -0.0423. The van der Waals surface area contributed by atoms with Crippen LogP contribution in [0.5, 0.6) is 0 Å². The maximum absolute atomic E-state index is 12.8. The van der Waals surface area contributed by atoms with Gasteiger partial charge in [-0.05, 0) is 47.1 Å². The van der Waals surface area contributed by atoms with Gasteiger partial charge in [-0.25, -0.2) is 5.06 Å². The monoisotopic (exact) mass is 336 g/mol. The van der Waals surface area contributed by atoms with Gasteiger partial charge < -0.3 is 4.74 Å². The molecule has 5 nitrogen and oxygen atoms in total. The number of fused-ring (bicyclic) bond motifs is 1. The summed E-state index contributed by atoms with van der Waals surface area (Å²) in [5.41, 5.74) is 1.37. The molecule has 126 valence electrons. The smallest absolute Gasteiger partial charge is 0.251 e. The molecule has 3 aliphatic rings. The molecule has 3 atom stereocenters. The van der Waals surface area contributed by atoms with Gasteiger partial charge in [0.2, 0.25) is 0 Å². The van der Waals surface area contributed by atoms with Gasteiger partial charge in [0, 0.05) is 26.2 Å². The number of amides is 1. The van der Waals surface area contributed by atoms with Gasteiger partial charge in [0.05, 0.1) is 25.7 Å². The Labute approximate surface area is 141 Å². The Morgan fingerprint density at radius 2 is 2.26 bits per heavy atom. The SMILES string of the molecule is O=C([C@@H]1COC[C@@H]2CN(Cc3ccsc3)C[C@@H]21)N1CCCCO1. The van der Waals surface area contributed by atoms with Crippen molar-refractivity contribution >= 4 is 17.2 Å². The molecule has 0 aromatic carbocycles. The van der Waals surface area contributed by atoms with Crippen molar-refractivity contribution in [2.24, 2.45) is 17.8 Å². The molecule has 0 N–H and O–H groups in total. The summed E-state index contributed by atoms with van der Waals surface area (Å²) in [5, 5.41) is 5.94. The van der Waals surface area contributed by atoms with E-state index in [4.69, 9.17) is 9.57 Å². The number of likely N-dealkylation sites (tertiary alicyclic amines) is 1. The van der Waals surface area contributed by atoms with E-state index in [9.17, 15) is 4.79 Å². The summed E-state index contributed by atoms with van der Waals surface area (Å²) >= 11 is 1.74. The first-order valence-electron chi connectivity index (χ1n) is 8.57. The molecule has 0 aliphatic carbocycles. The van der Waals surface area contributed by atoms with Crippen molar-refractivity contribution < 1.29 is 14.4 Å². The summed E-state index contributed by atoms with van der Waals surface area (Å²) in [6.45, 7) is 5.74. The third kappa shape index (κ3) is 3.31. The van der Waals surface area contributed by atoms with Gasteiger partial charge in [-0.1, -0.05) is 0 Å². The molecule has 0 radical (unpaired) electrons. The van der Waals surface area contributed by atoms with Crippen molar-refractivity contribution in [2.45, 2.75) is 19.4 Å². The second-order valence-electron chi connectivity index (χ2n) is 6.87. The molecule has 0 saturated carbocycles. The summed E-state index contributed by atoms with van der Waals surface area (Å²) in [7, 11) is 0. The van der Waals surface area contributed by atoms with Crippen LogP contribution in [0.2, 0.25) is 0 Å². The van der Waals surface area contributed by atoms with E-state index in [1.54, 1.807) is 16.4 Å². The molecule has 0 bridgehead atoms. The lowest BCUT2D eigenvalue weighted by atomic mass is 9.82. The molecule has 3 aliphatic heterocycles. The van der Waals surface area contributed by atoms with E-state index in [-0.39, 0.29) is 11.8 Å². The fourth-order valence-corrected chi connectivity index (χ4v) is 4.73. The molecule has 3 saturated heterocycles. The minimum Gasteiger partial charge on any atom is -0.380 e. The van der Waals surface area contributed by atoms with Crippen molar-refractivity contribution in [3.8, 4) is 0 Å². The summed E-state index contributed by atoms with van der Waals surface area (Å²) < 4.78 is 5.76. The number of thiophene rings is 1. The first-order valence-corrected chi connectivity index (χ1v) is 9.51. The van der Waals surface area contributed by atoms with Crippen molar-refractivity contribution in [1.82, 2.24) is 9.96 Å². The third-order valence-electron chi connectivity index (χ3n) is 5.27. The molecule has 0 spiro atoms. The van der Waals surface area contributed by atoms with Crippen LogP contribution in [-0.4, -0.2) is 55.3 Å². The maximum atomic E-state index is 12.8. The number of hydrogen-bond donors (Lipinski definition) is 0. The van der Waals surface area contributed by atoms with Gasteiger partial charge in [-0.3, -0.25) is 14.5 Å². The third-order valence-corrected chi connectivity index (χ3v) is 6.00. The predicted molar refractivity (Wildman–Crippen MR) is 87.8 cm³/mol. The summed E-state index contributed by atoms with van der Waals surface area (Å²) in [4.78, 5) is 20.9. The van der Waals surface area contributed by atoms with E-state index in [1.807, 2.05) is 0 Å². The highest BCUT2D eigenvalue weighted by Gasteiger charge is 2.45. The van der Waals surface area contributed by atoms with E-state index in [1.165, 1.54) is 5.56 Å². The van der Waals surface area contributed by atoms with Crippen molar-refractivity contribution in [3.63, 3.8) is 0 Å². The molecule has 1 aromatic heterocycles. The molecule has 3 fully saturated rings. The van der Waals surface area contributed by atoms with Crippen LogP contribution in [0.15, 0.2) is 16.8 Å². The van der Waals surface area contributed by atoms with Crippen molar-refractivity contribution in [2.75, 3.05) is 39.5 Å². The molecule has 4 rings (SSSR count). The molecule has 1 amide bonds. The normalized spacial score (nSPS) is 32.0. The fraction of sp³-hybridized carbons (Fsp3) is 0.706. The Kier molecular flexibility index (Phi) is 4.66. The van der Waals surface area contributed by atoms with Crippen LogP contribution < -0.4 is 0 Å². The van der Waals surface area contributed by atoms with Crippen LogP contribution in [0, 0.1) is 17.8 Å². The molecule has 23 heavy (non-hydrogen) atoms. The average molecular weight is 336 g/mol. The highest BCUT2D eigenvalue weighted by molar-refractivity contribution is 7.07. The van der Waals surface area contributed by atoms with Crippen LogP contribution in [0.1, 0.15) is 18.4 Å². The standard InChI is InChI=1S/C17H24N2O3S/c20-17(19-4-1-2-5-22-19)16-11-21-10-14-8-18(9-15(14)16)7-13-3-6-23-12-13/h3,6,12,14-16H,1-2,4-5,7-11H2/t14-,15-,16+/m0/s1. The largest absolute Gasteiger partial charge is 0.380 e. The van der Waals surface area contributed by atoms with Gasteiger partial charge in [-0.15, -0.1) is 0 Å². The predicted octanol–water partition coefficient (Wildman–Crippen LogP) is 2.00. The number of carbonyl (C=O) groups is 1. The first-order chi connectivity index (χ1) is 11.3. The van der Waals surface area contributed by atoms with Crippen molar-refractivity contribution in [1.29, 1.82) is 0 Å². The molecular weight excluding hydrogens is 312 g/mol. The molecule has 1 aromatic rings. The molecule has 4 heterocycles. The Morgan fingerprint density at radius 1 is 1.30 bits per heavy atom. The van der Waals surface area contributed by atoms with Crippen LogP contribution in [-0.2, 0) is 20.9 Å². The maximum Gasteiger partial charge on any atom is 0.251 e. The van der Waals surface area contributed by atoms with Crippen LogP contribution in [0.3, 0.4) is 0 Å². The Hall–Kier alpha value is -0.950. The summed E-state index contributed by atoms with van der Waals surface area (Å²) in [6.07, 6.45) is 2.09. The molecular formula is C17H24N2O3S. The first kappa shape index (κ1) is 15.6. The number of carbonyl (C=O) groups excluding carboxylic acids is 1. The van der Waals surface area contributed by atoms with Crippen LogP contribution in [0.4, 0.5) is 0 Å². The van der Waals surface area contributed by atoms with Crippen LogP contribution in [0.25, 0.3) is 0 Å². The highest BCUT2D eigenvalue weighted by Crippen LogP contribution is 2.36. The molecule has 6 heteroatoms. The van der Waals surface area contributed by atoms with E-state index in [0.29, 0.717) is 25.0 Å².